The highest BCUT2D eigenvalue weighted by atomic mass is 127. The van der Waals surface area contributed by atoms with E-state index >= 15 is 0 Å². The zero-order chi connectivity index (χ0) is 20.8. The Balaban J connectivity index is 0.00000272. The Morgan fingerprint density at radius 3 is 2.55 bits per heavy atom. The van der Waals surface area contributed by atoms with E-state index in [-0.39, 0.29) is 35.2 Å². The van der Waals surface area contributed by atoms with Crippen LogP contribution in [0.15, 0.2) is 53.7 Å². The summed E-state index contributed by atoms with van der Waals surface area (Å²) in [6.45, 7) is 5.67. The van der Waals surface area contributed by atoms with Crippen molar-refractivity contribution in [2.45, 2.75) is 18.3 Å². The second kappa shape index (κ2) is 11.1. The van der Waals surface area contributed by atoms with Gasteiger partial charge in [0.05, 0.1) is 0 Å². The maximum Gasteiger partial charge on any atom is 0.193 e. The first kappa shape index (κ1) is 23.7. The molecule has 0 saturated carbocycles. The summed E-state index contributed by atoms with van der Waals surface area (Å²) in [4.78, 5) is 13.6. The molecule has 0 radical (unpaired) electrons. The first-order chi connectivity index (χ1) is 14.7. The van der Waals surface area contributed by atoms with Crippen LogP contribution in [0.3, 0.4) is 0 Å². The van der Waals surface area contributed by atoms with E-state index in [1.807, 2.05) is 31.4 Å². The third-order valence-electron chi connectivity index (χ3n) is 6.24. The number of ether oxygens (including phenoxy) is 1. The third kappa shape index (κ3) is 5.65. The van der Waals surface area contributed by atoms with Gasteiger partial charge < -0.3 is 19.9 Å². The van der Waals surface area contributed by atoms with E-state index < -0.39 is 0 Å². The van der Waals surface area contributed by atoms with Crippen LogP contribution < -0.4 is 10.2 Å². The summed E-state index contributed by atoms with van der Waals surface area (Å²) in [5.74, 6) is 1.73. The Kier molecular flexibility index (Phi) is 8.48. The number of hydrogen-bond donors (Lipinski definition) is 1. The highest BCUT2D eigenvalue weighted by molar-refractivity contribution is 14.0. The minimum absolute atomic E-state index is 0. The Bertz CT molecular complexity index is 852. The molecule has 2 aromatic rings. The predicted molar refractivity (Wildman–Crippen MR) is 133 cm³/mol. The molecule has 0 unspecified atom stereocenters. The minimum Gasteiger partial charge on any atom is -0.381 e. The van der Waals surface area contributed by atoms with Crippen LogP contribution in [0, 0.1) is 5.82 Å². The lowest BCUT2D eigenvalue weighted by molar-refractivity contribution is 0.0510. The first-order valence-corrected chi connectivity index (χ1v) is 10.7. The molecule has 0 spiro atoms. The maximum absolute atomic E-state index is 13.9. The highest BCUT2D eigenvalue weighted by Crippen LogP contribution is 2.34. The number of aromatic nitrogens is 1. The van der Waals surface area contributed by atoms with Gasteiger partial charge >= 0.3 is 0 Å². The molecule has 2 saturated heterocycles. The Hall–Kier alpha value is -1.94. The summed E-state index contributed by atoms with van der Waals surface area (Å²) in [7, 11) is 1.83. The number of halogens is 2. The van der Waals surface area contributed by atoms with Crippen LogP contribution in [0.2, 0.25) is 0 Å². The zero-order valence-electron chi connectivity index (χ0n) is 18.0. The number of benzene rings is 1. The van der Waals surface area contributed by atoms with Crippen LogP contribution in [0.1, 0.15) is 18.4 Å². The second-order valence-corrected chi connectivity index (χ2v) is 7.97. The molecular formula is C23H31FIN5O. The van der Waals surface area contributed by atoms with Crippen LogP contribution in [0.5, 0.6) is 0 Å². The fourth-order valence-corrected chi connectivity index (χ4v) is 4.42. The van der Waals surface area contributed by atoms with Crippen LogP contribution in [0.4, 0.5) is 10.2 Å². The average molecular weight is 539 g/mol. The molecule has 4 rings (SSSR count). The third-order valence-corrected chi connectivity index (χ3v) is 6.24. The number of pyridine rings is 1. The highest BCUT2D eigenvalue weighted by Gasteiger charge is 2.35. The van der Waals surface area contributed by atoms with Gasteiger partial charge in [-0.1, -0.05) is 18.2 Å². The summed E-state index contributed by atoms with van der Waals surface area (Å²) in [5.41, 5.74) is 0.889. The molecule has 2 aliphatic heterocycles. The molecule has 3 heterocycles. The van der Waals surface area contributed by atoms with Gasteiger partial charge in [-0.15, -0.1) is 24.0 Å². The van der Waals surface area contributed by atoms with Crippen molar-refractivity contribution in [3.63, 3.8) is 0 Å². The molecule has 2 fully saturated rings. The van der Waals surface area contributed by atoms with Gasteiger partial charge in [0.15, 0.2) is 5.96 Å². The smallest absolute Gasteiger partial charge is 0.193 e. The van der Waals surface area contributed by atoms with Crippen LogP contribution in [0.25, 0.3) is 0 Å². The van der Waals surface area contributed by atoms with E-state index in [0.717, 1.165) is 56.4 Å². The number of nitrogens with one attached hydrogen (secondary N) is 1. The molecule has 2 aliphatic rings. The van der Waals surface area contributed by atoms with Crippen LogP contribution in [-0.2, 0) is 10.2 Å². The molecule has 0 bridgehead atoms. The molecule has 8 heteroatoms. The lowest BCUT2D eigenvalue weighted by atomic mass is 9.74. The van der Waals surface area contributed by atoms with Crippen molar-refractivity contribution in [1.82, 2.24) is 15.2 Å². The first-order valence-electron chi connectivity index (χ1n) is 10.7. The van der Waals surface area contributed by atoms with Crippen molar-refractivity contribution in [1.29, 1.82) is 0 Å². The molecule has 168 valence electrons. The molecule has 31 heavy (non-hydrogen) atoms. The van der Waals surface area contributed by atoms with Gasteiger partial charge in [0, 0.05) is 64.6 Å². The predicted octanol–water partition coefficient (Wildman–Crippen LogP) is 3.28. The van der Waals surface area contributed by atoms with Crippen molar-refractivity contribution in [2.75, 3.05) is 57.9 Å². The standard InChI is InChI=1S/C23H30FN5O.HI/c1-25-22(29-13-11-28(12-14-29)21-7-2-3-10-26-21)27-18-23(8-15-30-16-9-23)19-5-4-6-20(24)17-19;/h2-7,10,17H,8-9,11-16,18H2,1H3,(H,25,27);1H. The monoisotopic (exact) mass is 539 g/mol. The number of guanidine groups is 1. The van der Waals surface area contributed by atoms with E-state index in [4.69, 9.17) is 4.74 Å². The fraction of sp³-hybridized carbons (Fsp3) is 0.478. The molecular weight excluding hydrogens is 508 g/mol. The van der Waals surface area contributed by atoms with E-state index in [1.165, 1.54) is 6.07 Å². The van der Waals surface area contributed by atoms with E-state index in [0.29, 0.717) is 19.8 Å². The Morgan fingerprint density at radius 1 is 1.13 bits per heavy atom. The second-order valence-electron chi connectivity index (χ2n) is 7.97. The SMILES string of the molecule is CN=C(NCC1(c2cccc(F)c2)CCOCC1)N1CCN(c2ccccn2)CC1.I. The van der Waals surface area contributed by atoms with Crippen LogP contribution in [-0.4, -0.2) is 68.8 Å². The molecule has 6 nitrogen and oxygen atoms in total. The molecule has 1 aromatic heterocycles. The molecule has 0 atom stereocenters. The van der Waals surface area contributed by atoms with Crippen molar-refractivity contribution in [3.8, 4) is 0 Å². The van der Waals surface area contributed by atoms with Gasteiger partial charge in [0.25, 0.3) is 0 Å². The van der Waals surface area contributed by atoms with Gasteiger partial charge in [0.2, 0.25) is 0 Å². The Labute approximate surface area is 200 Å². The van der Waals surface area contributed by atoms with E-state index in [2.05, 4.69) is 31.2 Å². The number of rotatable bonds is 4. The summed E-state index contributed by atoms with van der Waals surface area (Å²) >= 11 is 0. The summed E-state index contributed by atoms with van der Waals surface area (Å²) in [6.07, 6.45) is 3.57. The summed E-state index contributed by atoms with van der Waals surface area (Å²) in [6, 6.07) is 13.0. The minimum atomic E-state index is -0.187. The van der Waals surface area contributed by atoms with Gasteiger partial charge in [0.1, 0.15) is 11.6 Å². The van der Waals surface area contributed by atoms with Crippen molar-refractivity contribution >= 4 is 35.8 Å². The molecule has 1 N–H and O–H groups in total. The topological polar surface area (TPSA) is 53.0 Å². The lowest BCUT2D eigenvalue weighted by Crippen LogP contribution is -2.55. The van der Waals surface area contributed by atoms with Gasteiger partial charge in [-0.05, 0) is 42.7 Å². The van der Waals surface area contributed by atoms with Gasteiger partial charge in [-0.2, -0.15) is 0 Å². The number of nitrogens with zero attached hydrogens (tertiary/aromatic N) is 4. The van der Waals surface area contributed by atoms with Crippen molar-refractivity contribution in [3.05, 3.63) is 60.0 Å². The lowest BCUT2D eigenvalue weighted by Gasteiger charge is -2.41. The number of anilines is 1. The van der Waals surface area contributed by atoms with Gasteiger partial charge in [-0.25, -0.2) is 9.37 Å². The molecule has 1 aromatic carbocycles. The summed E-state index contributed by atoms with van der Waals surface area (Å²) < 4.78 is 19.5. The number of hydrogen-bond acceptors (Lipinski definition) is 4. The summed E-state index contributed by atoms with van der Waals surface area (Å²) in [5, 5.41) is 3.59. The maximum atomic E-state index is 13.9. The van der Waals surface area contributed by atoms with E-state index in [1.54, 1.807) is 12.1 Å². The molecule has 0 aliphatic carbocycles. The van der Waals surface area contributed by atoms with Crippen LogP contribution >= 0.6 is 24.0 Å². The van der Waals surface area contributed by atoms with E-state index in [9.17, 15) is 4.39 Å². The number of piperazine rings is 1. The van der Waals surface area contributed by atoms with Crippen molar-refractivity contribution < 1.29 is 9.13 Å². The van der Waals surface area contributed by atoms with Gasteiger partial charge in [-0.3, -0.25) is 4.99 Å². The fourth-order valence-electron chi connectivity index (χ4n) is 4.42. The normalized spacial score (nSPS) is 19.0. The zero-order valence-corrected chi connectivity index (χ0v) is 20.3. The largest absolute Gasteiger partial charge is 0.381 e. The molecule has 0 amide bonds. The van der Waals surface area contributed by atoms with Crippen molar-refractivity contribution in [2.24, 2.45) is 4.99 Å². The Morgan fingerprint density at radius 2 is 1.90 bits per heavy atom. The average Bonchev–Trinajstić information content (AvgIpc) is 2.81. The quantitative estimate of drug-likeness (QED) is 0.368. The number of aliphatic imine (C=N–C) groups is 1.